The molecule has 1 aliphatic rings. The van der Waals surface area contributed by atoms with Crippen molar-refractivity contribution in [1.82, 2.24) is 0 Å². The van der Waals surface area contributed by atoms with E-state index in [2.05, 4.69) is 13.0 Å². The molecule has 0 aromatic rings. The highest BCUT2D eigenvalue weighted by molar-refractivity contribution is 5.03. The van der Waals surface area contributed by atoms with Crippen molar-refractivity contribution in [3.05, 3.63) is 11.6 Å². The molecular formula is C8H14O. The average Bonchev–Trinajstić information content (AvgIpc) is 1.90. The summed E-state index contributed by atoms with van der Waals surface area (Å²) in [4.78, 5) is 0. The summed E-state index contributed by atoms with van der Waals surface area (Å²) in [6.45, 7) is 2.08. The number of rotatable bonds is 0. The van der Waals surface area contributed by atoms with Crippen LogP contribution < -0.4 is 0 Å². The Balaban J connectivity index is 2.35. The van der Waals surface area contributed by atoms with E-state index in [1.807, 2.05) is 0 Å². The molecule has 0 radical (unpaired) electrons. The molecule has 1 rings (SSSR count). The summed E-state index contributed by atoms with van der Waals surface area (Å²) < 4.78 is 0. The lowest BCUT2D eigenvalue weighted by atomic mass is 9.93. The molecule has 0 bridgehead atoms. The first kappa shape index (κ1) is 6.81. The molecule has 0 unspecified atom stereocenters. The molecule has 0 amide bonds. The highest BCUT2D eigenvalue weighted by Crippen LogP contribution is 2.22. The van der Waals surface area contributed by atoms with Gasteiger partial charge in [-0.3, -0.25) is 0 Å². The second kappa shape index (κ2) is 3.02. The second-order valence-corrected chi connectivity index (χ2v) is 2.68. The Morgan fingerprint density at radius 1 is 1.44 bits per heavy atom. The fraction of sp³-hybridized carbons (Fsp3) is 0.750. The first-order valence-electron chi connectivity index (χ1n) is 3.65. The van der Waals surface area contributed by atoms with E-state index in [0.717, 1.165) is 25.7 Å². The molecule has 1 nitrogen and oxygen atoms in total. The van der Waals surface area contributed by atoms with Crippen molar-refractivity contribution in [3.8, 4) is 0 Å². The minimum absolute atomic E-state index is 0.0197. The first-order valence-corrected chi connectivity index (χ1v) is 3.65. The van der Waals surface area contributed by atoms with E-state index in [1.54, 1.807) is 0 Å². The maximum atomic E-state index is 9.10. The predicted octanol–water partition coefficient (Wildman–Crippen LogP) is 1.87. The Morgan fingerprint density at radius 3 is 2.44 bits per heavy atom. The van der Waals surface area contributed by atoms with E-state index in [0.29, 0.717) is 0 Å². The number of hydrogen-bond donors (Lipinski definition) is 1. The lowest BCUT2D eigenvalue weighted by Crippen LogP contribution is -2.12. The lowest BCUT2D eigenvalue weighted by Gasteiger charge is -2.18. The van der Waals surface area contributed by atoms with Gasteiger partial charge in [-0.25, -0.2) is 0 Å². The van der Waals surface area contributed by atoms with Crippen LogP contribution in [0.2, 0.25) is 0 Å². The van der Waals surface area contributed by atoms with Crippen molar-refractivity contribution in [2.45, 2.75) is 38.7 Å². The van der Waals surface area contributed by atoms with Crippen LogP contribution in [0.3, 0.4) is 0 Å². The lowest BCUT2D eigenvalue weighted by molar-refractivity contribution is 0.143. The molecule has 0 atom stereocenters. The fourth-order valence-electron chi connectivity index (χ4n) is 1.26. The Kier molecular flexibility index (Phi) is 2.29. The Bertz CT molecular complexity index is 106. The Labute approximate surface area is 56.4 Å². The van der Waals surface area contributed by atoms with Gasteiger partial charge in [-0.1, -0.05) is 11.6 Å². The molecule has 0 aromatic carbocycles. The maximum Gasteiger partial charge on any atom is 0.0546 e. The summed E-state index contributed by atoms with van der Waals surface area (Å²) in [7, 11) is 0. The van der Waals surface area contributed by atoms with Crippen LogP contribution in [-0.2, 0) is 0 Å². The van der Waals surface area contributed by atoms with Crippen molar-refractivity contribution in [2.24, 2.45) is 0 Å². The highest BCUT2D eigenvalue weighted by Gasteiger charge is 2.11. The zero-order chi connectivity index (χ0) is 6.69. The van der Waals surface area contributed by atoms with E-state index in [9.17, 15) is 0 Å². The molecule has 0 saturated heterocycles. The summed E-state index contributed by atoms with van der Waals surface area (Å²) in [5.41, 5.74) is 1.51. The zero-order valence-corrected chi connectivity index (χ0v) is 5.93. The molecule has 1 aliphatic carbocycles. The Hall–Kier alpha value is -0.300. The minimum atomic E-state index is -0.0197. The third kappa shape index (κ3) is 1.83. The molecule has 52 valence electrons. The quantitative estimate of drug-likeness (QED) is 0.491. The van der Waals surface area contributed by atoms with E-state index >= 15 is 0 Å². The standard InChI is InChI=1S/C8H14O/c1-2-7-3-5-8(9)6-4-7/h2,8-9H,3-6H2,1H3. The van der Waals surface area contributed by atoms with Crippen LogP contribution >= 0.6 is 0 Å². The third-order valence-electron chi connectivity index (χ3n) is 2.01. The largest absolute Gasteiger partial charge is 0.393 e. The monoisotopic (exact) mass is 126 g/mol. The van der Waals surface area contributed by atoms with Crippen molar-refractivity contribution >= 4 is 0 Å². The van der Waals surface area contributed by atoms with Gasteiger partial charge in [0, 0.05) is 0 Å². The molecule has 1 heteroatoms. The topological polar surface area (TPSA) is 20.2 Å². The van der Waals surface area contributed by atoms with Crippen LogP contribution in [0.1, 0.15) is 32.6 Å². The van der Waals surface area contributed by atoms with E-state index < -0.39 is 0 Å². The van der Waals surface area contributed by atoms with Gasteiger partial charge in [0.15, 0.2) is 0 Å². The van der Waals surface area contributed by atoms with Gasteiger partial charge in [-0.05, 0) is 32.6 Å². The molecule has 0 aliphatic heterocycles. The first-order chi connectivity index (χ1) is 4.33. The highest BCUT2D eigenvalue weighted by atomic mass is 16.3. The van der Waals surface area contributed by atoms with Crippen molar-refractivity contribution in [3.63, 3.8) is 0 Å². The molecule has 1 fully saturated rings. The summed E-state index contributed by atoms with van der Waals surface area (Å²) in [6, 6.07) is 0. The second-order valence-electron chi connectivity index (χ2n) is 2.68. The van der Waals surface area contributed by atoms with Gasteiger partial charge in [0.25, 0.3) is 0 Å². The van der Waals surface area contributed by atoms with Crippen molar-refractivity contribution in [2.75, 3.05) is 0 Å². The van der Waals surface area contributed by atoms with Gasteiger partial charge < -0.3 is 5.11 Å². The van der Waals surface area contributed by atoms with Crippen molar-refractivity contribution < 1.29 is 5.11 Å². The summed E-state index contributed by atoms with van der Waals surface area (Å²) in [5.74, 6) is 0. The van der Waals surface area contributed by atoms with Crippen LogP contribution in [0.15, 0.2) is 11.6 Å². The van der Waals surface area contributed by atoms with Gasteiger partial charge >= 0.3 is 0 Å². The van der Waals surface area contributed by atoms with Gasteiger partial charge in [0.05, 0.1) is 6.10 Å². The molecule has 1 saturated carbocycles. The van der Waals surface area contributed by atoms with Crippen LogP contribution in [0.4, 0.5) is 0 Å². The zero-order valence-electron chi connectivity index (χ0n) is 5.93. The Morgan fingerprint density at radius 2 is 2.00 bits per heavy atom. The fourth-order valence-corrected chi connectivity index (χ4v) is 1.26. The van der Waals surface area contributed by atoms with E-state index in [-0.39, 0.29) is 6.10 Å². The van der Waals surface area contributed by atoms with Gasteiger partial charge in [0.2, 0.25) is 0 Å². The van der Waals surface area contributed by atoms with Crippen LogP contribution in [0, 0.1) is 0 Å². The maximum absolute atomic E-state index is 9.10. The summed E-state index contributed by atoms with van der Waals surface area (Å²) in [5, 5.41) is 9.10. The predicted molar refractivity (Wildman–Crippen MR) is 38.2 cm³/mol. The van der Waals surface area contributed by atoms with Crippen LogP contribution in [-0.4, -0.2) is 11.2 Å². The normalized spacial score (nSPS) is 28.2. The third-order valence-corrected chi connectivity index (χ3v) is 2.01. The number of aliphatic hydroxyl groups is 1. The van der Waals surface area contributed by atoms with Crippen LogP contribution in [0.5, 0.6) is 0 Å². The van der Waals surface area contributed by atoms with Gasteiger partial charge in [-0.2, -0.15) is 0 Å². The minimum Gasteiger partial charge on any atom is -0.393 e. The SMILES string of the molecule is CC=C1CCC(O)CC1. The van der Waals surface area contributed by atoms with Crippen molar-refractivity contribution in [1.29, 1.82) is 0 Å². The smallest absolute Gasteiger partial charge is 0.0546 e. The molecular weight excluding hydrogens is 112 g/mol. The van der Waals surface area contributed by atoms with E-state index in [4.69, 9.17) is 5.11 Å². The molecule has 1 N–H and O–H groups in total. The van der Waals surface area contributed by atoms with E-state index in [1.165, 1.54) is 5.57 Å². The number of hydrogen-bond acceptors (Lipinski definition) is 1. The average molecular weight is 126 g/mol. The molecule has 0 aromatic heterocycles. The number of aliphatic hydroxyl groups excluding tert-OH is 1. The molecule has 0 spiro atoms. The summed E-state index contributed by atoms with van der Waals surface area (Å²) >= 11 is 0. The number of allylic oxidation sites excluding steroid dienone is 2. The van der Waals surface area contributed by atoms with Crippen LogP contribution in [0.25, 0.3) is 0 Å². The summed E-state index contributed by atoms with van der Waals surface area (Å²) in [6.07, 6.45) is 6.31. The molecule has 9 heavy (non-hydrogen) atoms. The van der Waals surface area contributed by atoms with Gasteiger partial charge in [-0.15, -0.1) is 0 Å². The molecule has 0 heterocycles. The van der Waals surface area contributed by atoms with Gasteiger partial charge in [0.1, 0.15) is 0 Å².